The van der Waals surface area contributed by atoms with E-state index in [9.17, 15) is 20.0 Å². The van der Waals surface area contributed by atoms with E-state index in [4.69, 9.17) is 0 Å². The zero-order valence-electron chi connectivity index (χ0n) is 12.5. The van der Waals surface area contributed by atoms with Gasteiger partial charge in [-0.3, -0.25) is 10.1 Å². The molecule has 0 amide bonds. The lowest BCUT2D eigenvalue weighted by Crippen LogP contribution is -2.10. The molecular formula is C16H16N2O5. The van der Waals surface area contributed by atoms with Gasteiger partial charge >= 0.3 is 5.97 Å². The topological polar surface area (TPSA) is 102 Å². The van der Waals surface area contributed by atoms with Crippen molar-refractivity contribution in [3.05, 3.63) is 69.3 Å². The van der Waals surface area contributed by atoms with Crippen molar-refractivity contribution in [2.45, 2.75) is 13.2 Å². The lowest BCUT2D eigenvalue weighted by Gasteiger charge is -2.12. The van der Waals surface area contributed by atoms with E-state index in [1.165, 1.54) is 25.3 Å². The van der Waals surface area contributed by atoms with E-state index in [-0.39, 0.29) is 17.9 Å². The van der Waals surface area contributed by atoms with Gasteiger partial charge in [0.1, 0.15) is 0 Å². The summed E-state index contributed by atoms with van der Waals surface area (Å²) in [6.07, 6.45) is 0. The highest BCUT2D eigenvalue weighted by Crippen LogP contribution is 2.24. The third-order valence-electron chi connectivity index (χ3n) is 3.38. The van der Waals surface area contributed by atoms with E-state index in [0.29, 0.717) is 12.2 Å². The summed E-state index contributed by atoms with van der Waals surface area (Å²) >= 11 is 0. The van der Waals surface area contributed by atoms with Crippen LogP contribution in [0.25, 0.3) is 0 Å². The molecule has 0 atom stereocenters. The maximum absolute atomic E-state index is 11.8. The van der Waals surface area contributed by atoms with Gasteiger partial charge in [-0.15, -0.1) is 0 Å². The van der Waals surface area contributed by atoms with Crippen molar-refractivity contribution in [1.29, 1.82) is 0 Å². The van der Waals surface area contributed by atoms with Gasteiger partial charge in [0.2, 0.25) is 0 Å². The van der Waals surface area contributed by atoms with Gasteiger partial charge in [0.05, 0.1) is 24.2 Å². The quantitative estimate of drug-likeness (QED) is 0.482. The van der Waals surface area contributed by atoms with Crippen LogP contribution in [0.2, 0.25) is 0 Å². The fourth-order valence-corrected chi connectivity index (χ4v) is 2.15. The zero-order valence-corrected chi connectivity index (χ0v) is 12.5. The molecule has 0 unspecified atom stereocenters. The lowest BCUT2D eigenvalue weighted by atomic mass is 10.1. The number of esters is 1. The highest BCUT2D eigenvalue weighted by molar-refractivity contribution is 5.96. The van der Waals surface area contributed by atoms with Gasteiger partial charge < -0.3 is 15.2 Å². The molecule has 2 N–H and O–H groups in total. The van der Waals surface area contributed by atoms with Gasteiger partial charge in [0, 0.05) is 24.4 Å². The fraction of sp³-hybridized carbons (Fsp3) is 0.188. The molecule has 2 aromatic rings. The average Bonchev–Trinajstić information content (AvgIpc) is 2.59. The second-order valence-corrected chi connectivity index (χ2v) is 4.76. The highest BCUT2D eigenvalue weighted by Gasteiger charge is 2.17. The average molecular weight is 316 g/mol. The Hall–Kier alpha value is -2.93. The van der Waals surface area contributed by atoms with Crippen LogP contribution in [0.15, 0.2) is 42.5 Å². The molecule has 0 bridgehead atoms. The minimum atomic E-state index is -0.661. The minimum absolute atomic E-state index is 0.0863. The van der Waals surface area contributed by atoms with E-state index in [1.807, 2.05) is 18.2 Å². The number of nitro groups is 1. The molecule has 2 aromatic carbocycles. The number of benzene rings is 2. The number of anilines is 1. The Morgan fingerprint density at radius 1 is 1.26 bits per heavy atom. The summed E-state index contributed by atoms with van der Waals surface area (Å²) in [5, 5.41) is 23.2. The molecule has 2 rings (SSSR count). The van der Waals surface area contributed by atoms with Crippen LogP contribution < -0.4 is 5.32 Å². The van der Waals surface area contributed by atoms with Crippen LogP contribution in [0.5, 0.6) is 0 Å². The molecule has 0 aliphatic carbocycles. The normalized spacial score (nSPS) is 10.2. The zero-order chi connectivity index (χ0) is 16.8. The first kappa shape index (κ1) is 16.4. The number of nitro benzene ring substituents is 1. The fourth-order valence-electron chi connectivity index (χ4n) is 2.15. The first-order chi connectivity index (χ1) is 11.1. The number of ether oxygens (including phenoxy) is 1. The standard InChI is InChI=1S/C16H16N2O5/c1-23-16(20)14-8-13(18(21)22)6-7-15(14)17-9-11-4-2-3-5-12(11)10-19/h2-8,17,19H,9-10H2,1H3. The summed E-state index contributed by atoms with van der Waals surface area (Å²) in [7, 11) is 1.21. The van der Waals surface area contributed by atoms with Crippen molar-refractivity contribution in [1.82, 2.24) is 0 Å². The Kier molecular flexibility index (Phi) is 5.27. The van der Waals surface area contributed by atoms with Gasteiger partial charge in [-0.1, -0.05) is 24.3 Å². The summed E-state index contributed by atoms with van der Waals surface area (Å²) in [6, 6.07) is 11.3. The van der Waals surface area contributed by atoms with E-state index in [0.717, 1.165) is 11.1 Å². The third-order valence-corrected chi connectivity index (χ3v) is 3.38. The maximum atomic E-state index is 11.8. The Morgan fingerprint density at radius 2 is 1.96 bits per heavy atom. The van der Waals surface area contributed by atoms with Crippen molar-refractivity contribution in [2.24, 2.45) is 0 Å². The number of methoxy groups -OCH3 is 1. The number of nitrogens with one attached hydrogen (secondary N) is 1. The molecule has 0 aromatic heterocycles. The SMILES string of the molecule is COC(=O)c1cc([N+](=O)[O-])ccc1NCc1ccccc1CO. The van der Waals surface area contributed by atoms with Gasteiger partial charge in [0.15, 0.2) is 0 Å². The van der Waals surface area contributed by atoms with Crippen LogP contribution in [-0.4, -0.2) is 23.1 Å². The molecule has 7 nitrogen and oxygen atoms in total. The van der Waals surface area contributed by atoms with E-state index in [1.54, 1.807) is 6.07 Å². The van der Waals surface area contributed by atoms with Crippen LogP contribution in [0.3, 0.4) is 0 Å². The number of aliphatic hydroxyl groups is 1. The molecule has 7 heteroatoms. The number of hydrogen-bond acceptors (Lipinski definition) is 6. The van der Waals surface area contributed by atoms with Crippen molar-refractivity contribution in [2.75, 3.05) is 12.4 Å². The predicted octanol–water partition coefficient (Wildman–Crippen LogP) is 2.49. The summed E-state index contributed by atoms with van der Waals surface area (Å²) in [6.45, 7) is 0.264. The largest absolute Gasteiger partial charge is 0.465 e. The molecule has 0 saturated carbocycles. The van der Waals surface area contributed by atoms with Gasteiger partial charge in [-0.05, 0) is 17.2 Å². The van der Waals surface area contributed by atoms with Crippen LogP contribution in [-0.2, 0) is 17.9 Å². The van der Waals surface area contributed by atoms with E-state index in [2.05, 4.69) is 10.1 Å². The lowest BCUT2D eigenvalue weighted by molar-refractivity contribution is -0.384. The Balaban J connectivity index is 2.28. The summed E-state index contributed by atoms with van der Waals surface area (Å²) < 4.78 is 4.67. The molecule has 0 radical (unpaired) electrons. The Morgan fingerprint density at radius 3 is 2.57 bits per heavy atom. The first-order valence-electron chi connectivity index (χ1n) is 6.85. The van der Waals surface area contributed by atoms with Crippen molar-refractivity contribution < 1.29 is 19.6 Å². The second-order valence-electron chi connectivity index (χ2n) is 4.76. The number of rotatable bonds is 6. The van der Waals surface area contributed by atoms with Crippen LogP contribution in [0.1, 0.15) is 21.5 Å². The van der Waals surface area contributed by atoms with Crippen molar-refractivity contribution in [3.8, 4) is 0 Å². The monoisotopic (exact) mass is 316 g/mol. The van der Waals surface area contributed by atoms with Gasteiger partial charge in [0.25, 0.3) is 5.69 Å². The number of nitrogens with zero attached hydrogens (tertiary/aromatic N) is 1. The molecule has 23 heavy (non-hydrogen) atoms. The smallest absolute Gasteiger partial charge is 0.340 e. The summed E-state index contributed by atoms with van der Waals surface area (Å²) in [5.41, 5.74) is 1.95. The number of carbonyl (C=O) groups excluding carboxylic acids is 1. The van der Waals surface area contributed by atoms with Gasteiger partial charge in [-0.2, -0.15) is 0 Å². The molecule has 0 aliphatic rings. The number of aliphatic hydroxyl groups excluding tert-OH is 1. The Labute approximate surface area is 132 Å². The molecule has 0 saturated heterocycles. The molecular weight excluding hydrogens is 300 g/mol. The molecule has 120 valence electrons. The van der Waals surface area contributed by atoms with Gasteiger partial charge in [-0.25, -0.2) is 4.79 Å². The predicted molar refractivity (Wildman–Crippen MR) is 84.1 cm³/mol. The number of carbonyl (C=O) groups is 1. The van der Waals surface area contributed by atoms with Crippen molar-refractivity contribution in [3.63, 3.8) is 0 Å². The minimum Gasteiger partial charge on any atom is -0.465 e. The molecule has 0 spiro atoms. The number of non-ortho nitro benzene ring substituents is 1. The van der Waals surface area contributed by atoms with Crippen LogP contribution in [0, 0.1) is 10.1 Å². The number of hydrogen-bond donors (Lipinski definition) is 2. The first-order valence-corrected chi connectivity index (χ1v) is 6.85. The summed E-state index contributed by atoms with van der Waals surface area (Å²) in [5.74, 6) is -0.661. The molecule has 0 heterocycles. The van der Waals surface area contributed by atoms with Crippen LogP contribution >= 0.6 is 0 Å². The maximum Gasteiger partial charge on any atom is 0.340 e. The van der Waals surface area contributed by atoms with E-state index >= 15 is 0 Å². The van der Waals surface area contributed by atoms with Crippen molar-refractivity contribution >= 4 is 17.3 Å². The molecule has 0 aliphatic heterocycles. The Bertz CT molecular complexity index is 730. The third kappa shape index (κ3) is 3.83. The molecule has 0 fully saturated rings. The van der Waals surface area contributed by atoms with E-state index < -0.39 is 10.9 Å². The summed E-state index contributed by atoms with van der Waals surface area (Å²) in [4.78, 5) is 22.1. The second kappa shape index (κ2) is 7.37. The van der Waals surface area contributed by atoms with Crippen LogP contribution in [0.4, 0.5) is 11.4 Å². The highest BCUT2D eigenvalue weighted by atomic mass is 16.6.